The van der Waals surface area contributed by atoms with Crippen LogP contribution in [0.1, 0.15) is 15.9 Å². The summed E-state index contributed by atoms with van der Waals surface area (Å²) in [6, 6.07) is 12.5. The lowest BCUT2D eigenvalue weighted by atomic mass is 10.2. The highest BCUT2D eigenvalue weighted by atomic mass is 79.9. The van der Waals surface area contributed by atoms with Crippen molar-refractivity contribution in [1.29, 1.82) is 0 Å². The number of methoxy groups -OCH3 is 1. The molecule has 21 heavy (non-hydrogen) atoms. The first-order chi connectivity index (χ1) is 10.1. The van der Waals surface area contributed by atoms with E-state index >= 15 is 0 Å². The van der Waals surface area contributed by atoms with Gasteiger partial charge in [0.1, 0.15) is 5.75 Å². The van der Waals surface area contributed by atoms with Crippen LogP contribution < -0.4 is 10.2 Å². The van der Waals surface area contributed by atoms with Gasteiger partial charge < -0.3 is 4.74 Å². The Morgan fingerprint density at radius 2 is 1.90 bits per heavy atom. The molecule has 0 saturated carbocycles. The third-order valence-corrected chi connectivity index (χ3v) is 3.90. The molecule has 0 spiro atoms. The summed E-state index contributed by atoms with van der Waals surface area (Å²) in [6.45, 7) is 0. The summed E-state index contributed by atoms with van der Waals surface area (Å²) in [4.78, 5) is 11.9. The van der Waals surface area contributed by atoms with Gasteiger partial charge in [-0.2, -0.15) is 5.10 Å². The van der Waals surface area contributed by atoms with Gasteiger partial charge >= 0.3 is 0 Å². The molecule has 0 fully saturated rings. The van der Waals surface area contributed by atoms with Gasteiger partial charge in [0.15, 0.2) is 0 Å². The first-order valence-corrected chi connectivity index (χ1v) is 7.61. The lowest BCUT2D eigenvalue weighted by Crippen LogP contribution is -2.17. The van der Waals surface area contributed by atoms with Crippen LogP contribution in [-0.2, 0) is 0 Å². The van der Waals surface area contributed by atoms with Gasteiger partial charge in [0.05, 0.1) is 13.3 Å². The van der Waals surface area contributed by atoms with Crippen molar-refractivity contribution in [3.8, 4) is 5.75 Å². The normalized spacial score (nSPS) is 10.6. The van der Waals surface area contributed by atoms with E-state index in [1.807, 2.05) is 18.2 Å². The number of rotatable bonds is 4. The Labute approximate surface area is 139 Å². The van der Waals surface area contributed by atoms with Gasteiger partial charge in [-0.15, -0.1) is 0 Å². The second-order valence-electron chi connectivity index (χ2n) is 4.09. The van der Waals surface area contributed by atoms with Crippen LogP contribution in [0.2, 0.25) is 0 Å². The quantitative estimate of drug-likeness (QED) is 0.610. The van der Waals surface area contributed by atoms with Crippen molar-refractivity contribution in [2.45, 2.75) is 0 Å². The minimum absolute atomic E-state index is 0.278. The molecule has 0 bridgehead atoms. The smallest absolute Gasteiger partial charge is 0.271 e. The fraction of sp³-hybridized carbons (Fsp3) is 0.0667. The second kappa shape index (κ2) is 7.38. The molecule has 2 aromatic carbocycles. The SMILES string of the molecule is COc1ccc(C(=O)NN=Cc2cc(Br)ccc2Br)cc1. The van der Waals surface area contributed by atoms with Crippen LogP contribution in [0.3, 0.4) is 0 Å². The first kappa shape index (κ1) is 15.7. The number of hydrogen-bond acceptors (Lipinski definition) is 3. The third kappa shape index (κ3) is 4.41. The molecule has 0 atom stereocenters. The average Bonchev–Trinajstić information content (AvgIpc) is 2.50. The molecule has 0 radical (unpaired) electrons. The number of halogens is 2. The number of nitrogens with one attached hydrogen (secondary N) is 1. The van der Waals surface area contributed by atoms with Crippen molar-refractivity contribution in [3.05, 3.63) is 62.5 Å². The molecule has 0 heterocycles. The summed E-state index contributed by atoms with van der Waals surface area (Å²) in [6.07, 6.45) is 1.58. The number of ether oxygens (including phenoxy) is 1. The molecule has 0 saturated heterocycles. The summed E-state index contributed by atoms with van der Waals surface area (Å²) in [5.74, 6) is 0.424. The Kier molecular flexibility index (Phi) is 5.52. The molecule has 0 aromatic heterocycles. The van der Waals surface area contributed by atoms with Crippen molar-refractivity contribution in [1.82, 2.24) is 5.43 Å². The zero-order valence-electron chi connectivity index (χ0n) is 11.1. The number of amides is 1. The van der Waals surface area contributed by atoms with Gasteiger partial charge in [0.25, 0.3) is 5.91 Å². The number of nitrogens with zero attached hydrogens (tertiary/aromatic N) is 1. The zero-order valence-corrected chi connectivity index (χ0v) is 14.3. The zero-order chi connectivity index (χ0) is 15.2. The van der Waals surface area contributed by atoms with Gasteiger partial charge in [0, 0.05) is 20.1 Å². The third-order valence-electron chi connectivity index (χ3n) is 2.68. The number of carbonyl (C=O) groups excluding carboxylic acids is 1. The van der Waals surface area contributed by atoms with Gasteiger partial charge in [-0.25, -0.2) is 5.43 Å². The molecule has 6 heteroatoms. The van der Waals surface area contributed by atoms with Crippen LogP contribution >= 0.6 is 31.9 Å². The van der Waals surface area contributed by atoms with E-state index in [0.29, 0.717) is 11.3 Å². The molecule has 1 amide bonds. The maximum Gasteiger partial charge on any atom is 0.271 e. The molecule has 0 aliphatic carbocycles. The molecular formula is C15H12Br2N2O2. The average molecular weight is 412 g/mol. The fourth-order valence-electron chi connectivity index (χ4n) is 1.58. The Bertz CT molecular complexity index is 670. The predicted molar refractivity (Wildman–Crippen MR) is 89.9 cm³/mol. The van der Waals surface area contributed by atoms with E-state index in [4.69, 9.17) is 4.74 Å². The monoisotopic (exact) mass is 410 g/mol. The largest absolute Gasteiger partial charge is 0.497 e. The maximum atomic E-state index is 11.9. The highest BCUT2D eigenvalue weighted by molar-refractivity contribution is 9.11. The van der Waals surface area contributed by atoms with E-state index in [1.54, 1.807) is 37.6 Å². The maximum absolute atomic E-state index is 11.9. The van der Waals surface area contributed by atoms with Crippen molar-refractivity contribution >= 4 is 44.0 Å². The van der Waals surface area contributed by atoms with Gasteiger partial charge in [-0.3, -0.25) is 4.79 Å². The Morgan fingerprint density at radius 3 is 2.57 bits per heavy atom. The highest BCUT2D eigenvalue weighted by Crippen LogP contribution is 2.19. The molecular weight excluding hydrogens is 400 g/mol. The summed E-state index contributed by atoms with van der Waals surface area (Å²) < 4.78 is 6.88. The van der Waals surface area contributed by atoms with Crippen LogP contribution in [0, 0.1) is 0 Å². The van der Waals surface area contributed by atoms with Crippen molar-refractivity contribution in [3.63, 3.8) is 0 Å². The minimum Gasteiger partial charge on any atom is -0.497 e. The second-order valence-corrected chi connectivity index (χ2v) is 5.86. The number of carbonyl (C=O) groups is 1. The lowest BCUT2D eigenvalue weighted by molar-refractivity contribution is 0.0955. The molecule has 2 rings (SSSR count). The molecule has 108 valence electrons. The molecule has 0 aliphatic rings. The summed E-state index contributed by atoms with van der Waals surface area (Å²) in [5, 5.41) is 3.96. The van der Waals surface area contributed by atoms with Crippen LogP contribution in [0.15, 0.2) is 56.5 Å². The van der Waals surface area contributed by atoms with Crippen molar-refractivity contribution in [2.24, 2.45) is 5.10 Å². The molecule has 0 aliphatic heterocycles. The summed E-state index contributed by atoms with van der Waals surface area (Å²) in [5.41, 5.74) is 3.86. The van der Waals surface area contributed by atoms with E-state index in [1.165, 1.54) is 0 Å². The standard InChI is InChI=1S/C15H12Br2N2O2/c1-21-13-5-2-10(3-6-13)15(20)19-18-9-11-8-12(16)4-7-14(11)17/h2-9H,1H3,(H,19,20). The van der Waals surface area contributed by atoms with Crippen LogP contribution in [0.4, 0.5) is 0 Å². The van der Waals surface area contributed by atoms with Crippen LogP contribution in [0.25, 0.3) is 0 Å². The van der Waals surface area contributed by atoms with E-state index in [2.05, 4.69) is 42.4 Å². The number of hydrazone groups is 1. The first-order valence-electron chi connectivity index (χ1n) is 6.02. The van der Waals surface area contributed by atoms with Gasteiger partial charge in [-0.05, 0) is 42.5 Å². The van der Waals surface area contributed by atoms with Crippen LogP contribution in [0.5, 0.6) is 5.75 Å². The number of benzene rings is 2. The topological polar surface area (TPSA) is 50.7 Å². The van der Waals surface area contributed by atoms with E-state index in [-0.39, 0.29) is 5.91 Å². The molecule has 0 unspecified atom stereocenters. The summed E-state index contributed by atoms with van der Waals surface area (Å²) >= 11 is 6.81. The number of hydrogen-bond donors (Lipinski definition) is 1. The Hall–Kier alpha value is -1.66. The highest BCUT2D eigenvalue weighted by Gasteiger charge is 2.04. The van der Waals surface area contributed by atoms with E-state index < -0.39 is 0 Å². The molecule has 1 N–H and O–H groups in total. The van der Waals surface area contributed by atoms with Gasteiger partial charge in [-0.1, -0.05) is 31.9 Å². The Morgan fingerprint density at radius 1 is 1.19 bits per heavy atom. The van der Waals surface area contributed by atoms with Crippen LogP contribution in [-0.4, -0.2) is 19.2 Å². The minimum atomic E-state index is -0.278. The Balaban J connectivity index is 2.02. The molecule has 4 nitrogen and oxygen atoms in total. The lowest BCUT2D eigenvalue weighted by Gasteiger charge is -2.02. The molecule has 2 aromatic rings. The van der Waals surface area contributed by atoms with Gasteiger partial charge in [0.2, 0.25) is 0 Å². The van der Waals surface area contributed by atoms with E-state index in [0.717, 1.165) is 14.5 Å². The van der Waals surface area contributed by atoms with Crippen molar-refractivity contribution in [2.75, 3.05) is 7.11 Å². The van der Waals surface area contributed by atoms with E-state index in [9.17, 15) is 4.79 Å². The van der Waals surface area contributed by atoms with Crippen molar-refractivity contribution < 1.29 is 9.53 Å². The summed E-state index contributed by atoms with van der Waals surface area (Å²) in [7, 11) is 1.58. The fourth-order valence-corrected chi connectivity index (χ4v) is 2.31. The predicted octanol–water partition coefficient (Wildman–Crippen LogP) is 3.98.